The second kappa shape index (κ2) is 10.7. The van der Waals surface area contributed by atoms with Crippen LogP contribution in [0.4, 0.5) is 5.69 Å². The molecule has 0 saturated carbocycles. The van der Waals surface area contributed by atoms with Gasteiger partial charge in [-0.15, -0.1) is 0 Å². The molecule has 2 aliphatic heterocycles. The first-order valence-corrected chi connectivity index (χ1v) is 12.1. The number of unbranched alkanes of at least 4 members (excludes halogenated alkanes) is 1. The Morgan fingerprint density at radius 3 is 2.41 bits per heavy atom. The van der Waals surface area contributed by atoms with Crippen molar-refractivity contribution in [3.8, 4) is 5.75 Å². The van der Waals surface area contributed by atoms with Crippen molar-refractivity contribution in [2.75, 3.05) is 25.1 Å². The minimum atomic E-state index is -0.445. The molecule has 3 amide bonds. The van der Waals surface area contributed by atoms with Gasteiger partial charge in [-0.1, -0.05) is 37.6 Å². The SMILES string of the molecule is CCCCN1C(=O)CC(C(=O)NCc2ccc(N3CCCC3=O)cc2)C1c1ccc(OC)cc1. The van der Waals surface area contributed by atoms with Crippen LogP contribution < -0.4 is 15.0 Å². The van der Waals surface area contributed by atoms with Crippen LogP contribution in [0.3, 0.4) is 0 Å². The fourth-order valence-corrected chi connectivity index (χ4v) is 4.87. The first-order valence-electron chi connectivity index (χ1n) is 12.1. The van der Waals surface area contributed by atoms with E-state index in [9.17, 15) is 14.4 Å². The van der Waals surface area contributed by atoms with Crippen LogP contribution in [0.15, 0.2) is 48.5 Å². The molecule has 2 heterocycles. The normalized spacial score (nSPS) is 20.2. The molecule has 34 heavy (non-hydrogen) atoms. The summed E-state index contributed by atoms with van der Waals surface area (Å²) in [5, 5.41) is 3.04. The second-order valence-electron chi connectivity index (χ2n) is 9.00. The Hall–Kier alpha value is -3.35. The summed E-state index contributed by atoms with van der Waals surface area (Å²) in [7, 11) is 1.62. The van der Waals surface area contributed by atoms with Crippen LogP contribution in [0.5, 0.6) is 5.75 Å². The second-order valence-corrected chi connectivity index (χ2v) is 9.00. The van der Waals surface area contributed by atoms with Gasteiger partial charge in [-0.05, 0) is 48.2 Å². The maximum Gasteiger partial charge on any atom is 0.227 e. The van der Waals surface area contributed by atoms with Gasteiger partial charge in [-0.3, -0.25) is 14.4 Å². The Balaban J connectivity index is 1.45. The average molecular weight is 464 g/mol. The van der Waals surface area contributed by atoms with Crippen molar-refractivity contribution in [2.45, 2.75) is 51.6 Å². The van der Waals surface area contributed by atoms with E-state index in [-0.39, 0.29) is 30.2 Å². The van der Waals surface area contributed by atoms with Gasteiger partial charge < -0.3 is 19.9 Å². The molecule has 1 N–H and O–H groups in total. The average Bonchev–Trinajstić information content (AvgIpc) is 3.44. The zero-order valence-corrected chi connectivity index (χ0v) is 20.0. The van der Waals surface area contributed by atoms with Crippen LogP contribution in [0.25, 0.3) is 0 Å². The lowest BCUT2D eigenvalue weighted by Crippen LogP contribution is -2.35. The van der Waals surface area contributed by atoms with Crippen molar-refractivity contribution in [3.05, 3.63) is 59.7 Å². The van der Waals surface area contributed by atoms with E-state index in [0.717, 1.165) is 48.4 Å². The molecular formula is C27H33N3O4. The van der Waals surface area contributed by atoms with Gasteiger partial charge in [0.15, 0.2) is 0 Å². The number of methoxy groups -OCH3 is 1. The molecule has 2 fully saturated rings. The molecule has 7 heteroatoms. The number of likely N-dealkylation sites (tertiary alicyclic amines) is 1. The third-order valence-electron chi connectivity index (χ3n) is 6.77. The van der Waals surface area contributed by atoms with Gasteiger partial charge in [0.05, 0.1) is 19.1 Å². The number of carbonyl (C=O) groups is 3. The van der Waals surface area contributed by atoms with Crippen LogP contribution >= 0.6 is 0 Å². The topological polar surface area (TPSA) is 79.0 Å². The number of anilines is 1. The third-order valence-corrected chi connectivity index (χ3v) is 6.77. The molecular weight excluding hydrogens is 430 g/mol. The van der Waals surface area contributed by atoms with Gasteiger partial charge in [0.25, 0.3) is 0 Å². The third kappa shape index (κ3) is 5.08. The molecule has 0 radical (unpaired) electrons. The van der Waals surface area contributed by atoms with Gasteiger partial charge in [0, 0.05) is 38.2 Å². The predicted molar refractivity (Wildman–Crippen MR) is 130 cm³/mol. The van der Waals surface area contributed by atoms with Gasteiger partial charge in [-0.25, -0.2) is 0 Å². The number of benzene rings is 2. The van der Waals surface area contributed by atoms with Crippen molar-refractivity contribution < 1.29 is 19.1 Å². The molecule has 2 aromatic rings. The highest BCUT2D eigenvalue weighted by atomic mass is 16.5. The standard InChI is InChI=1S/C27H33N3O4/c1-3-4-15-30-25(32)17-23(26(30)20-9-13-22(34-2)14-10-20)27(33)28-18-19-7-11-21(12-8-19)29-16-5-6-24(29)31/h7-14,23,26H,3-6,15-18H2,1-2H3,(H,28,33). The summed E-state index contributed by atoms with van der Waals surface area (Å²) in [6.07, 6.45) is 3.58. The molecule has 0 spiro atoms. The van der Waals surface area contributed by atoms with Crippen LogP contribution in [-0.2, 0) is 20.9 Å². The monoisotopic (exact) mass is 463 g/mol. The molecule has 180 valence electrons. The number of rotatable bonds is 9. The molecule has 0 aromatic heterocycles. The largest absolute Gasteiger partial charge is 0.497 e. The number of carbonyl (C=O) groups excluding carboxylic acids is 3. The van der Waals surface area contributed by atoms with E-state index >= 15 is 0 Å². The van der Waals surface area contributed by atoms with E-state index in [2.05, 4.69) is 12.2 Å². The molecule has 0 aliphatic carbocycles. The highest BCUT2D eigenvalue weighted by Crippen LogP contribution is 2.39. The Kier molecular flexibility index (Phi) is 7.50. The maximum atomic E-state index is 13.2. The molecule has 2 aliphatic rings. The van der Waals surface area contributed by atoms with Crippen molar-refractivity contribution in [1.82, 2.24) is 10.2 Å². The Labute approximate surface area is 201 Å². The van der Waals surface area contributed by atoms with Crippen molar-refractivity contribution >= 4 is 23.4 Å². The number of hydrogen-bond acceptors (Lipinski definition) is 4. The molecule has 4 rings (SSSR count). The number of hydrogen-bond donors (Lipinski definition) is 1. The summed E-state index contributed by atoms with van der Waals surface area (Å²) in [6, 6.07) is 15.1. The zero-order valence-electron chi connectivity index (χ0n) is 20.0. The predicted octanol–water partition coefficient (Wildman–Crippen LogP) is 3.83. The van der Waals surface area contributed by atoms with Crippen LogP contribution in [-0.4, -0.2) is 42.8 Å². The fraction of sp³-hybridized carbons (Fsp3) is 0.444. The summed E-state index contributed by atoms with van der Waals surface area (Å²) in [5.74, 6) is 0.359. The lowest BCUT2D eigenvalue weighted by Gasteiger charge is -2.28. The quantitative estimate of drug-likeness (QED) is 0.613. The zero-order chi connectivity index (χ0) is 24.1. The number of nitrogens with one attached hydrogen (secondary N) is 1. The van der Waals surface area contributed by atoms with E-state index in [0.29, 0.717) is 19.5 Å². The summed E-state index contributed by atoms with van der Waals surface area (Å²) in [4.78, 5) is 41.7. The Morgan fingerprint density at radius 1 is 1.06 bits per heavy atom. The molecule has 2 saturated heterocycles. The van der Waals surface area contributed by atoms with Crippen molar-refractivity contribution in [1.29, 1.82) is 0 Å². The Morgan fingerprint density at radius 2 is 1.79 bits per heavy atom. The molecule has 2 atom stereocenters. The van der Waals surface area contributed by atoms with E-state index in [4.69, 9.17) is 4.74 Å². The maximum absolute atomic E-state index is 13.2. The van der Waals surface area contributed by atoms with Gasteiger partial charge in [-0.2, -0.15) is 0 Å². The highest BCUT2D eigenvalue weighted by molar-refractivity contribution is 5.95. The van der Waals surface area contributed by atoms with Crippen LogP contribution in [0, 0.1) is 5.92 Å². The Bertz CT molecular complexity index is 1020. The first-order chi connectivity index (χ1) is 16.5. The minimum Gasteiger partial charge on any atom is -0.497 e. The van der Waals surface area contributed by atoms with Gasteiger partial charge in [0.2, 0.25) is 17.7 Å². The molecule has 7 nitrogen and oxygen atoms in total. The molecule has 2 unspecified atom stereocenters. The van der Waals surface area contributed by atoms with Crippen molar-refractivity contribution in [2.24, 2.45) is 5.92 Å². The van der Waals surface area contributed by atoms with Gasteiger partial charge >= 0.3 is 0 Å². The van der Waals surface area contributed by atoms with Crippen LogP contribution in [0.2, 0.25) is 0 Å². The van der Waals surface area contributed by atoms with E-state index in [1.54, 1.807) is 12.0 Å². The minimum absolute atomic E-state index is 0.0223. The van der Waals surface area contributed by atoms with E-state index in [1.165, 1.54) is 0 Å². The molecule has 2 aromatic carbocycles. The van der Waals surface area contributed by atoms with Crippen molar-refractivity contribution in [3.63, 3.8) is 0 Å². The number of nitrogens with zero attached hydrogens (tertiary/aromatic N) is 2. The lowest BCUT2D eigenvalue weighted by atomic mass is 9.92. The summed E-state index contributed by atoms with van der Waals surface area (Å²) < 4.78 is 5.27. The van der Waals surface area contributed by atoms with Crippen LogP contribution in [0.1, 0.15) is 56.2 Å². The lowest BCUT2D eigenvalue weighted by molar-refractivity contribution is -0.129. The summed E-state index contributed by atoms with van der Waals surface area (Å²) in [5.41, 5.74) is 2.80. The highest BCUT2D eigenvalue weighted by Gasteiger charge is 2.44. The molecule has 0 bridgehead atoms. The number of ether oxygens (including phenoxy) is 1. The number of amides is 3. The summed E-state index contributed by atoms with van der Waals surface area (Å²) >= 11 is 0. The van der Waals surface area contributed by atoms with E-state index in [1.807, 2.05) is 53.4 Å². The van der Waals surface area contributed by atoms with E-state index < -0.39 is 5.92 Å². The summed E-state index contributed by atoms with van der Waals surface area (Å²) in [6.45, 7) is 3.87. The smallest absolute Gasteiger partial charge is 0.227 e. The van der Waals surface area contributed by atoms with Gasteiger partial charge in [0.1, 0.15) is 5.75 Å². The fourth-order valence-electron chi connectivity index (χ4n) is 4.87. The first kappa shape index (κ1) is 23.8.